The van der Waals surface area contributed by atoms with Crippen LogP contribution in [0.4, 0.5) is 0 Å². The molecule has 0 aliphatic carbocycles. The van der Waals surface area contributed by atoms with Gasteiger partial charge in [-0.1, -0.05) is 5.04 Å². The van der Waals surface area contributed by atoms with Crippen LogP contribution in [0.1, 0.15) is 5.56 Å². The molecule has 0 atom stereocenters. The number of benzene rings is 1. The second kappa shape index (κ2) is 4.92. The zero-order valence-corrected chi connectivity index (χ0v) is 9.21. The lowest BCUT2D eigenvalue weighted by Crippen LogP contribution is -1.98. The highest BCUT2D eigenvalue weighted by Crippen LogP contribution is 2.25. The van der Waals surface area contributed by atoms with E-state index in [9.17, 15) is 8.42 Å². The molecule has 6 nitrogen and oxygen atoms in total. The minimum absolute atomic E-state index is 0.200. The molecule has 0 bridgehead atoms. The van der Waals surface area contributed by atoms with Gasteiger partial charge >= 0.3 is 0 Å². The largest absolute Gasteiger partial charge is 0.294 e. The summed E-state index contributed by atoms with van der Waals surface area (Å²) in [5.41, 5.74) is 0.562. The maximum atomic E-state index is 10.8. The first-order valence-corrected chi connectivity index (χ1v) is 5.86. The predicted octanol–water partition coefficient (Wildman–Crippen LogP) is 1.67. The minimum atomic E-state index is -4.19. The second-order valence-electron chi connectivity index (χ2n) is 2.63. The molecule has 15 heavy (non-hydrogen) atoms. The molecule has 0 fully saturated rings. The molecule has 0 saturated heterocycles. The van der Waals surface area contributed by atoms with E-state index in [1.807, 2.05) is 0 Å². The highest BCUT2D eigenvalue weighted by Gasteiger charge is 2.11. The van der Waals surface area contributed by atoms with Crippen molar-refractivity contribution in [3.05, 3.63) is 23.8 Å². The van der Waals surface area contributed by atoms with Crippen LogP contribution in [0.5, 0.6) is 0 Å². The predicted molar refractivity (Wildman–Crippen MR) is 51.6 cm³/mol. The summed E-state index contributed by atoms with van der Waals surface area (Å²) in [5, 5.41) is 11.3. The Hall–Kier alpha value is -0.640. The van der Waals surface area contributed by atoms with E-state index >= 15 is 0 Å². The van der Waals surface area contributed by atoms with Crippen LogP contribution in [0, 0.1) is 6.92 Å². The molecule has 0 aliphatic heterocycles. The van der Waals surface area contributed by atoms with E-state index in [2.05, 4.69) is 9.37 Å². The molecule has 84 valence electrons. The first-order valence-electron chi connectivity index (χ1n) is 3.68. The normalized spacial score (nSPS) is 11.7. The average Bonchev–Trinajstić information content (AvgIpc) is 2.14. The van der Waals surface area contributed by atoms with Crippen LogP contribution in [-0.4, -0.2) is 18.2 Å². The van der Waals surface area contributed by atoms with Gasteiger partial charge in [0, 0.05) is 4.90 Å². The first kappa shape index (κ1) is 12.4. The molecular weight excluding hydrogens is 244 g/mol. The summed E-state index contributed by atoms with van der Waals surface area (Å²) >= 11 is 0.718. The van der Waals surface area contributed by atoms with Crippen molar-refractivity contribution < 1.29 is 27.6 Å². The second-order valence-corrected chi connectivity index (χ2v) is 4.79. The minimum Gasteiger partial charge on any atom is -0.282 e. The summed E-state index contributed by atoms with van der Waals surface area (Å²) in [7, 11) is -4.19. The summed E-state index contributed by atoms with van der Waals surface area (Å²) in [5.74, 6) is 0. The van der Waals surface area contributed by atoms with Crippen molar-refractivity contribution in [2.24, 2.45) is 0 Å². The number of hydrogen-bond acceptors (Lipinski definition) is 6. The fraction of sp³-hybridized carbons (Fsp3) is 0.143. The smallest absolute Gasteiger partial charge is 0.282 e. The van der Waals surface area contributed by atoms with Crippen LogP contribution in [0.2, 0.25) is 0 Å². The number of rotatable bonds is 4. The molecule has 0 saturated carbocycles. The lowest BCUT2D eigenvalue weighted by Gasteiger charge is -2.04. The molecule has 1 aromatic carbocycles. The van der Waals surface area contributed by atoms with Gasteiger partial charge < -0.3 is 0 Å². The molecule has 1 aromatic rings. The fourth-order valence-corrected chi connectivity index (χ4v) is 1.91. The molecule has 0 aliphatic rings. The van der Waals surface area contributed by atoms with Crippen molar-refractivity contribution in [1.29, 1.82) is 0 Å². The molecule has 1 rings (SSSR count). The maximum Gasteiger partial charge on any atom is 0.294 e. The number of hydrogen-bond donors (Lipinski definition) is 2. The van der Waals surface area contributed by atoms with E-state index in [1.54, 1.807) is 6.92 Å². The SMILES string of the molecule is Cc1cc(S(=O)(=O)O)ccc1SOOO. The monoisotopic (exact) mass is 252 g/mol. The Balaban J connectivity index is 2.99. The molecule has 8 heteroatoms. The van der Waals surface area contributed by atoms with Crippen molar-refractivity contribution in [2.45, 2.75) is 16.7 Å². The Labute approximate surface area is 90.6 Å². The van der Waals surface area contributed by atoms with Crippen molar-refractivity contribution in [3.63, 3.8) is 0 Å². The highest BCUT2D eigenvalue weighted by atomic mass is 32.2. The summed E-state index contributed by atoms with van der Waals surface area (Å²) in [6, 6.07) is 3.91. The Morgan fingerprint density at radius 2 is 2.07 bits per heavy atom. The van der Waals surface area contributed by atoms with Gasteiger partial charge in [0.2, 0.25) is 0 Å². The van der Waals surface area contributed by atoms with Gasteiger partial charge in [-0.2, -0.15) is 8.42 Å². The topological polar surface area (TPSA) is 93.1 Å². The third kappa shape index (κ3) is 3.45. The molecule has 0 amide bonds. The van der Waals surface area contributed by atoms with E-state index in [0.29, 0.717) is 10.5 Å². The zero-order chi connectivity index (χ0) is 11.5. The summed E-state index contributed by atoms with van der Waals surface area (Å²) in [6.07, 6.45) is 0. The van der Waals surface area contributed by atoms with Crippen LogP contribution in [0.25, 0.3) is 0 Å². The quantitative estimate of drug-likeness (QED) is 0.364. The summed E-state index contributed by atoms with van der Waals surface area (Å²) < 4.78 is 34.5. The van der Waals surface area contributed by atoms with E-state index in [0.717, 1.165) is 12.0 Å². The Kier molecular flexibility index (Phi) is 4.08. The third-order valence-corrected chi connectivity index (χ3v) is 3.21. The fourth-order valence-electron chi connectivity index (χ4n) is 0.928. The van der Waals surface area contributed by atoms with Crippen LogP contribution in [0.3, 0.4) is 0 Å². The summed E-state index contributed by atoms with van der Waals surface area (Å²) in [4.78, 5) is 0.353. The Morgan fingerprint density at radius 3 is 2.53 bits per heavy atom. The average molecular weight is 252 g/mol. The van der Waals surface area contributed by atoms with E-state index < -0.39 is 10.1 Å². The van der Waals surface area contributed by atoms with Gasteiger partial charge in [0.25, 0.3) is 10.1 Å². The van der Waals surface area contributed by atoms with Gasteiger partial charge in [-0.15, -0.1) is 4.33 Å². The molecule has 0 spiro atoms. The van der Waals surface area contributed by atoms with Crippen molar-refractivity contribution in [2.75, 3.05) is 0 Å². The maximum absolute atomic E-state index is 10.8. The van der Waals surface area contributed by atoms with Crippen LogP contribution in [-0.2, 0) is 19.5 Å². The lowest BCUT2D eigenvalue weighted by atomic mass is 10.2. The first-order chi connectivity index (χ1) is 6.95. The summed E-state index contributed by atoms with van der Waals surface area (Å²) in [6.45, 7) is 1.62. The van der Waals surface area contributed by atoms with Gasteiger partial charge in [-0.25, -0.2) is 5.26 Å². The molecule has 0 aromatic heterocycles. The lowest BCUT2D eigenvalue weighted by molar-refractivity contribution is -0.432. The van der Waals surface area contributed by atoms with Gasteiger partial charge in [0.05, 0.1) is 16.9 Å². The van der Waals surface area contributed by atoms with E-state index in [1.165, 1.54) is 18.2 Å². The van der Waals surface area contributed by atoms with Crippen LogP contribution in [0.15, 0.2) is 28.0 Å². The zero-order valence-electron chi connectivity index (χ0n) is 7.58. The Bertz CT molecular complexity index is 441. The highest BCUT2D eigenvalue weighted by molar-refractivity contribution is 7.94. The van der Waals surface area contributed by atoms with Gasteiger partial charge in [-0.3, -0.25) is 4.55 Å². The molecule has 2 N–H and O–H groups in total. The molecule has 0 unspecified atom stereocenters. The molecular formula is C7H8O6S2. The van der Waals surface area contributed by atoms with Crippen molar-refractivity contribution in [3.8, 4) is 0 Å². The van der Waals surface area contributed by atoms with Crippen molar-refractivity contribution >= 4 is 22.2 Å². The van der Waals surface area contributed by atoms with Gasteiger partial charge in [0.1, 0.15) is 0 Å². The molecule has 0 radical (unpaired) electrons. The van der Waals surface area contributed by atoms with Crippen LogP contribution >= 0.6 is 12.0 Å². The number of aryl methyl sites for hydroxylation is 1. The Morgan fingerprint density at radius 1 is 1.40 bits per heavy atom. The molecule has 0 heterocycles. The van der Waals surface area contributed by atoms with E-state index in [-0.39, 0.29) is 4.90 Å². The van der Waals surface area contributed by atoms with Crippen molar-refractivity contribution in [1.82, 2.24) is 0 Å². The third-order valence-electron chi connectivity index (χ3n) is 1.60. The van der Waals surface area contributed by atoms with Gasteiger partial charge in [-0.05, 0) is 30.7 Å². The van der Waals surface area contributed by atoms with Gasteiger partial charge in [0.15, 0.2) is 0 Å². The van der Waals surface area contributed by atoms with Crippen LogP contribution < -0.4 is 0 Å². The van der Waals surface area contributed by atoms with E-state index in [4.69, 9.17) is 9.81 Å². The standard InChI is InChI=1S/C7H8O6S2/c1-5-4-6(15(9,10)11)2-3-7(5)14-13-12-8/h2-4,8H,1H3,(H,9,10,11).